The molecule has 7 nitrogen and oxygen atoms in total. The Labute approximate surface area is 180 Å². The van der Waals surface area contributed by atoms with E-state index in [9.17, 15) is 8.42 Å². The van der Waals surface area contributed by atoms with Crippen molar-refractivity contribution >= 4 is 40.0 Å². The van der Waals surface area contributed by atoms with E-state index in [-0.39, 0.29) is 24.0 Å². The van der Waals surface area contributed by atoms with E-state index in [1.807, 2.05) is 6.07 Å². The summed E-state index contributed by atoms with van der Waals surface area (Å²) in [5.41, 5.74) is 1.31. The lowest BCUT2D eigenvalue weighted by atomic mass is 10.1. The van der Waals surface area contributed by atoms with Crippen molar-refractivity contribution in [1.29, 1.82) is 0 Å². The fourth-order valence-corrected chi connectivity index (χ4v) is 3.67. The van der Waals surface area contributed by atoms with Crippen molar-refractivity contribution in [2.45, 2.75) is 25.3 Å². The molecule has 0 saturated carbocycles. The third-order valence-electron chi connectivity index (χ3n) is 4.46. The molecule has 2 rings (SSSR count). The number of nitrogens with zero attached hydrogens (tertiary/aromatic N) is 2. The Morgan fingerprint density at radius 1 is 1.15 bits per heavy atom. The first-order chi connectivity index (χ1) is 12.5. The van der Waals surface area contributed by atoms with E-state index >= 15 is 0 Å². The predicted molar refractivity (Wildman–Crippen MR) is 122 cm³/mol. The van der Waals surface area contributed by atoms with E-state index < -0.39 is 10.0 Å². The molecular formula is C18H32IN5O2S. The summed E-state index contributed by atoms with van der Waals surface area (Å²) in [6, 6.07) is 10.9. The molecule has 0 aliphatic carbocycles. The van der Waals surface area contributed by atoms with Gasteiger partial charge in [-0.2, -0.15) is 0 Å². The zero-order chi connectivity index (χ0) is 18.8. The van der Waals surface area contributed by atoms with Crippen LogP contribution in [-0.4, -0.2) is 65.3 Å². The van der Waals surface area contributed by atoms with Crippen molar-refractivity contribution in [1.82, 2.24) is 20.3 Å². The van der Waals surface area contributed by atoms with Gasteiger partial charge in [0.1, 0.15) is 0 Å². The van der Waals surface area contributed by atoms with Crippen molar-refractivity contribution in [3.8, 4) is 0 Å². The SMILES string of the molecule is CN=C(NCCCNS(C)(=O)=O)NCC(c1ccccc1)N1CCCC1.I. The number of halogens is 1. The Bertz CT molecular complexity index is 664. The molecule has 0 spiro atoms. The molecule has 9 heteroatoms. The topological polar surface area (TPSA) is 85.8 Å². The van der Waals surface area contributed by atoms with Crippen LogP contribution in [0.1, 0.15) is 30.9 Å². The Balaban J connectivity index is 0.00000364. The molecule has 0 radical (unpaired) electrons. The lowest BCUT2D eigenvalue weighted by molar-refractivity contribution is 0.245. The van der Waals surface area contributed by atoms with Crippen LogP contribution in [0.3, 0.4) is 0 Å². The monoisotopic (exact) mass is 509 g/mol. The first kappa shape index (κ1) is 24.1. The largest absolute Gasteiger partial charge is 0.356 e. The molecule has 1 heterocycles. The fraction of sp³-hybridized carbons (Fsp3) is 0.611. The van der Waals surface area contributed by atoms with Gasteiger partial charge in [0.05, 0.1) is 12.3 Å². The lowest BCUT2D eigenvalue weighted by Gasteiger charge is -2.29. The number of hydrogen-bond acceptors (Lipinski definition) is 4. The minimum absolute atomic E-state index is 0. The highest BCUT2D eigenvalue weighted by molar-refractivity contribution is 14.0. The van der Waals surface area contributed by atoms with Gasteiger partial charge in [-0.25, -0.2) is 13.1 Å². The van der Waals surface area contributed by atoms with Crippen LogP contribution in [-0.2, 0) is 10.0 Å². The number of likely N-dealkylation sites (tertiary alicyclic amines) is 1. The number of sulfonamides is 1. The first-order valence-electron chi connectivity index (χ1n) is 9.18. The second kappa shape index (κ2) is 12.5. The molecular weight excluding hydrogens is 477 g/mol. The maximum absolute atomic E-state index is 11.1. The minimum Gasteiger partial charge on any atom is -0.356 e. The fourth-order valence-electron chi connectivity index (χ4n) is 3.15. The summed E-state index contributed by atoms with van der Waals surface area (Å²) in [7, 11) is -1.37. The predicted octanol–water partition coefficient (Wildman–Crippen LogP) is 1.55. The highest BCUT2D eigenvalue weighted by atomic mass is 127. The summed E-state index contributed by atoms with van der Waals surface area (Å²) >= 11 is 0. The molecule has 27 heavy (non-hydrogen) atoms. The van der Waals surface area contributed by atoms with Crippen LogP contribution in [0, 0.1) is 0 Å². The van der Waals surface area contributed by atoms with Gasteiger partial charge >= 0.3 is 0 Å². The van der Waals surface area contributed by atoms with E-state index in [2.05, 4.69) is 49.5 Å². The molecule has 1 fully saturated rings. The van der Waals surface area contributed by atoms with Crippen LogP contribution in [0.4, 0.5) is 0 Å². The van der Waals surface area contributed by atoms with Gasteiger partial charge in [0, 0.05) is 26.7 Å². The van der Waals surface area contributed by atoms with Gasteiger partial charge in [-0.05, 0) is 37.9 Å². The normalized spacial score (nSPS) is 16.6. The molecule has 1 unspecified atom stereocenters. The molecule has 0 bridgehead atoms. The van der Waals surface area contributed by atoms with Crippen LogP contribution >= 0.6 is 24.0 Å². The number of hydrogen-bond donors (Lipinski definition) is 3. The summed E-state index contributed by atoms with van der Waals surface area (Å²) in [5.74, 6) is 0.740. The molecule has 0 amide bonds. The number of aliphatic imine (C=N–C) groups is 1. The second-order valence-electron chi connectivity index (χ2n) is 6.57. The van der Waals surface area contributed by atoms with Crippen LogP contribution in [0.5, 0.6) is 0 Å². The third-order valence-corrected chi connectivity index (χ3v) is 5.19. The van der Waals surface area contributed by atoms with Crippen LogP contribution in [0.25, 0.3) is 0 Å². The molecule has 1 aromatic rings. The van der Waals surface area contributed by atoms with Gasteiger partial charge < -0.3 is 10.6 Å². The third kappa shape index (κ3) is 9.22. The molecule has 154 valence electrons. The van der Waals surface area contributed by atoms with E-state index in [4.69, 9.17) is 0 Å². The average molecular weight is 509 g/mol. The molecule has 1 atom stereocenters. The lowest BCUT2D eigenvalue weighted by Crippen LogP contribution is -2.43. The molecule has 1 aliphatic rings. The van der Waals surface area contributed by atoms with Gasteiger partial charge in [0.25, 0.3) is 0 Å². The van der Waals surface area contributed by atoms with Gasteiger partial charge in [0.15, 0.2) is 5.96 Å². The summed E-state index contributed by atoms with van der Waals surface area (Å²) in [6.07, 6.45) is 4.37. The smallest absolute Gasteiger partial charge is 0.208 e. The highest BCUT2D eigenvalue weighted by Gasteiger charge is 2.23. The van der Waals surface area contributed by atoms with Crippen molar-refractivity contribution in [2.24, 2.45) is 4.99 Å². The average Bonchev–Trinajstić information content (AvgIpc) is 3.14. The van der Waals surface area contributed by atoms with Crippen molar-refractivity contribution in [3.05, 3.63) is 35.9 Å². The van der Waals surface area contributed by atoms with Crippen LogP contribution < -0.4 is 15.4 Å². The Morgan fingerprint density at radius 2 is 1.81 bits per heavy atom. The van der Waals surface area contributed by atoms with Crippen molar-refractivity contribution in [3.63, 3.8) is 0 Å². The maximum Gasteiger partial charge on any atom is 0.208 e. The Hall–Kier alpha value is -0.910. The quantitative estimate of drug-likeness (QED) is 0.204. The molecule has 3 N–H and O–H groups in total. The zero-order valence-electron chi connectivity index (χ0n) is 16.1. The first-order valence-corrected chi connectivity index (χ1v) is 11.1. The highest BCUT2D eigenvalue weighted by Crippen LogP contribution is 2.24. The van der Waals surface area contributed by atoms with E-state index in [1.54, 1.807) is 7.05 Å². The maximum atomic E-state index is 11.1. The van der Waals surface area contributed by atoms with Gasteiger partial charge in [-0.3, -0.25) is 9.89 Å². The zero-order valence-corrected chi connectivity index (χ0v) is 19.3. The summed E-state index contributed by atoms with van der Waals surface area (Å²) < 4.78 is 24.6. The van der Waals surface area contributed by atoms with E-state index in [1.165, 1.54) is 24.7 Å². The summed E-state index contributed by atoms with van der Waals surface area (Å²) in [6.45, 7) is 4.12. The summed E-state index contributed by atoms with van der Waals surface area (Å²) in [5, 5.41) is 6.65. The van der Waals surface area contributed by atoms with E-state index in [0.29, 0.717) is 25.6 Å². The molecule has 0 aromatic heterocycles. The minimum atomic E-state index is -3.12. The van der Waals surface area contributed by atoms with Gasteiger partial charge in [0.2, 0.25) is 10.0 Å². The van der Waals surface area contributed by atoms with Gasteiger partial charge in [-0.1, -0.05) is 30.3 Å². The molecule has 1 aliphatic heterocycles. The molecule has 1 saturated heterocycles. The molecule has 1 aromatic carbocycles. The van der Waals surface area contributed by atoms with Crippen LogP contribution in [0.15, 0.2) is 35.3 Å². The van der Waals surface area contributed by atoms with Crippen molar-refractivity contribution < 1.29 is 8.42 Å². The Kier molecular flexibility index (Phi) is 11.2. The summed E-state index contributed by atoms with van der Waals surface area (Å²) in [4.78, 5) is 6.78. The standard InChI is InChI=1S/C18H31N5O2S.HI/c1-19-18(20-11-8-12-22-26(2,24)25)21-15-17(23-13-6-7-14-23)16-9-4-3-5-10-16;/h3-5,9-10,17,22H,6-8,11-15H2,1-2H3,(H2,19,20,21);1H. The second-order valence-corrected chi connectivity index (χ2v) is 8.40. The number of nitrogens with one attached hydrogen (secondary N) is 3. The number of rotatable bonds is 9. The number of guanidine groups is 1. The van der Waals surface area contributed by atoms with Gasteiger partial charge in [-0.15, -0.1) is 24.0 Å². The van der Waals surface area contributed by atoms with Crippen LogP contribution in [0.2, 0.25) is 0 Å². The van der Waals surface area contributed by atoms with Crippen molar-refractivity contribution in [2.75, 3.05) is 46.0 Å². The number of benzene rings is 1. The van der Waals surface area contributed by atoms with E-state index in [0.717, 1.165) is 25.6 Å². The Morgan fingerprint density at radius 3 is 2.41 bits per heavy atom.